The van der Waals surface area contributed by atoms with Crippen molar-refractivity contribution in [3.05, 3.63) is 60.5 Å². The second-order valence-corrected chi connectivity index (χ2v) is 5.70. The molecule has 0 aliphatic heterocycles. The standard InChI is InChI=1S/C19H17F3N2O3/c20-19(21,22)15-4-3-5-17(12-15)26-11-2-1-10-25-16-8-6-14(7-9-16)18-24-23-13-27-18/h3-9,12-13H,1-2,10-11H2. The van der Waals surface area contributed by atoms with E-state index in [1.165, 1.54) is 18.5 Å². The van der Waals surface area contributed by atoms with E-state index >= 15 is 0 Å². The number of halogens is 3. The van der Waals surface area contributed by atoms with Crippen LogP contribution in [0.3, 0.4) is 0 Å². The zero-order chi connectivity index (χ0) is 19.1. The number of hydrogen-bond acceptors (Lipinski definition) is 5. The summed E-state index contributed by atoms with van der Waals surface area (Å²) in [5.74, 6) is 1.35. The van der Waals surface area contributed by atoms with Gasteiger partial charge in [0, 0.05) is 5.56 Å². The van der Waals surface area contributed by atoms with E-state index in [1.54, 1.807) is 12.1 Å². The molecule has 3 aromatic rings. The van der Waals surface area contributed by atoms with Crippen LogP contribution in [0.15, 0.2) is 59.3 Å². The molecule has 0 amide bonds. The van der Waals surface area contributed by atoms with Crippen molar-refractivity contribution in [3.63, 3.8) is 0 Å². The van der Waals surface area contributed by atoms with Crippen LogP contribution in [0.2, 0.25) is 0 Å². The van der Waals surface area contributed by atoms with E-state index in [4.69, 9.17) is 13.9 Å². The van der Waals surface area contributed by atoms with Crippen LogP contribution in [0.25, 0.3) is 11.5 Å². The van der Waals surface area contributed by atoms with Crippen LogP contribution in [-0.2, 0) is 6.18 Å². The van der Waals surface area contributed by atoms with Crippen LogP contribution in [0.1, 0.15) is 18.4 Å². The summed E-state index contributed by atoms with van der Waals surface area (Å²) < 4.78 is 54.0. The van der Waals surface area contributed by atoms with Gasteiger partial charge in [0.1, 0.15) is 11.5 Å². The van der Waals surface area contributed by atoms with E-state index in [9.17, 15) is 13.2 Å². The number of alkyl halides is 3. The highest BCUT2D eigenvalue weighted by Crippen LogP contribution is 2.31. The molecular formula is C19H17F3N2O3. The van der Waals surface area contributed by atoms with Gasteiger partial charge in [-0.05, 0) is 55.3 Å². The number of aromatic nitrogens is 2. The molecule has 0 unspecified atom stereocenters. The smallest absolute Gasteiger partial charge is 0.416 e. The number of ether oxygens (including phenoxy) is 2. The molecule has 3 rings (SSSR count). The van der Waals surface area contributed by atoms with Crippen molar-refractivity contribution in [2.24, 2.45) is 0 Å². The molecule has 0 N–H and O–H groups in total. The molecule has 0 saturated carbocycles. The quantitative estimate of drug-likeness (QED) is 0.517. The lowest BCUT2D eigenvalue weighted by atomic mass is 10.2. The van der Waals surface area contributed by atoms with Gasteiger partial charge in [-0.25, -0.2) is 0 Å². The van der Waals surface area contributed by atoms with Crippen molar-refractivity contribution in [1.82, 2.24) is 10.2 Å². The Bertz CT molecular complexity index is 834. The zero-order valence-electron chi connectivity index (χ0n) is 14.3. The summed E-state index contributed by atoms with van der Waals surface area (Å²) in [5.41, 5.74) is 0.0849. The van der Waals surface area contributed by atoms with Crippen LogP contribution in [0.5, 0.6) is 11.5 Å². The Morgan fingerprint density at radius 3 is 2.22 bits per heavy atom. The lowest BCUT2D eigenvalue weighted by Gasteiger charge is -2.10. The molecule has 0 spiro atoms. The highest BCUT2D eigenvalue weighted by atomic mass is 19.4. The molecule has 0 aliphatic carbocycles. The Kier molecular flexibility index (Phi) is 5.95. The molecule has 1 heterocycles. The molecule has 0 aliphatic rings. The highest BCUT2D eigenvalue weighted by Gasteiger charge is 2.30. The molecule has 0 atom stereocenters. The Hall–Kier alpha value is -3.03. The number of unbranched alkanes of at least 4 members (excludes halogenated alkanes) is 1. The van der Waals surface area contributed by atoms with Gasteiger partial charge >= 0.3 is 6.18 Å². The second-order valence-electron chi connectivity index (χ2n) is 5.70. The van der Waals surface area contributed by atoms with Crippen molar-refractivity contribution >= 4 is 0 Å². The second kappa shape index (κ2) is 8.57. The fraction of sp³-hybridized carbons (Fsp3) is 0.263. The third-order valence-corrected chi connectivity index (χ3v) is 3.70. The molecule has 8 heteroatoms. The maximum Gasteiger partial charge on any atom is 0.416 e. The van der Waals surface area contributed by atoms with Crippen molar-refractivity contribution in [3.8, 4) is 23.0 Å². The monoisotopic (exact) mass is 378 g/mol. The maximum absolute atomic E-state index is 12.6. The largest absolute Gasteiger partial charge is 0.494 e. The molecule has 142 valence electrons. The fourth-order valence-electron chi connectivity index (χ4n) is 2.34. The van der Waals surface area contributed by atoms with E-state index < -0.39 is 11.7 Å². The summed E-state index contributed by atoms with van der Waals surface area (Å²) in [4.78, 5) is 0. The van der Waals surface area contributed by atoms with Crippen molar-refractivity contribution in [1.29, 1.82) is 0 Å². The van der Waals surface area contributed by atoms with Gasteiger partial charge in [-0.1, -0.05) is 6.07 Å². The highest BCUT2D eigenvalue weighted by molar-refractivity contribution is 5.53. The Balaban J connectivity index is 1.36. The van der Waals surface area contributed by atoms with Gasteiger partial charge in [-0.2, -0.15) is 13.2 Å². The van der Waals surface area contributed by atoms with Crippen molar-refractivity contribution < 1.29 is 27.1 Å². The van der Waals surface area contributed by atoms with Gasteiger partial charge in [-0.15, -0.1) is 10.2 Å². The number of hydrogen-bond donors (Lipinski definition) is 0. The lowest BCUT2D eigenvalue weighted by molar-refractivity contribution is -0.137. The summed E-state index contributed by atoms with van der Waals surface area (Å²) in [6, 6.07) is 12.1. The summed E-state index contributed by atoms with van der Waals surface area (Å²) in [6.45, 7) is 0.798. The van der Waals surface area contributed by atoms with Crippen LogP contribution < -0.4 is 9.47 Å². The summed E-state index contributed by atoms with van der Waals surface area (Å²) in [6.07, 6.45) is -1.73. The average molecular weight is 378 g/mol. The van der Waals surface area contributed by atoms with Gasteiger partial charge in [0.25, 0.3) is 0 Å². The van der Waals surface area contributed by atoms with Gasteiger partial charge in [0.2, 0.25) is 12.3 Å². The minimum Gasteiger partial charge on any atom is -0.494 e. The third kappa shape index (κ3) is 5.47. The summed E-state index contributed by atoms with van der Waals surface area (Å²) >= 11 is 0. The van der Waals surface area contributed by atoms with E-state index in [0.29, 0.717) is 37.7 Å². The summed E-state index contributed by atoms with van der Waals surface area (Å²) in [5, 5.41) is 7.44. The Morgan fingerprint density at radius 2 is 1.59 bits per heavy atom. The van der Waals surface area contributed by atoms with Crippen molar-refractivity contribution in [2.75, 3.05) is 13.2 Å². The fourth-order valence-corrected chi connectivity index (χ4v) is 2.34. The number of rotatable bonds is 8. The zero-order valence-corrected chi connectivity index (χ0v) is 14.3. The first-order valence-corrected chi connectivity index (χ1v) is 8.32. The minimum absolute atomic E-state index is 0.211. The van der Waals surface area contributed by atoms with Crippen molar-refractivity contribution in [2.45, 2.75) is 19.0 Å². The molecule has 2 aromatic carbocycles. The SMILES string of the molecule is FC(F)(F)c1cccc(OCCCCOc2ccc(-c3nnco3)cc2)c1. The summed E-state index contributed by atoms with van der Waals surface area (Å²) in [7, 11) is 0. The first kappa shape index (κ1) is 18.8. The van der Waals surface area contributed by atoms with E-state index in [-0.39, 0.29) is 5.75 Å². The third-order valence-electron chi connectivity index (χ3n) is 3.70. The number of nitrogens with zero attached hydrogens (tertiary/aromatic N) is 2. The number of benzene rings is 2. The van der Waals surface area contributed by atoms with E-state index in [2.05, 4.69) is 10.2 Å². The van der Waals surface area contributed by atoms with E-state index in [0.717, 1.165) is 17.7 Å². The molecule has 1 aromatic heterocycles. The van der Waals surface area contributed by atoms with Gasteiger partial charge < -0.3 is 13.9 Å². The molecular weight excluding hydrogens is 361 g/mol. The van der Waals surface area contributed by atoms with E-state index in [1.807, 2.05) is 12.1 Å². The predicted molar refractivity (Wildman–Crippen MR) is 91.4 cm³/mol. The predicted octanol–water partition coefficient (Wildman–Crippen LogP) is 4.99. The lowest BCUT2D eigenvalue weighted by Crippen LogP contribution is -2.06. The van der Waals surface area contributed by atoms with Gasteiger partial charge in [-0.3, -0.25) is 0 Å². The molecule has 5 nitrogen and oxygen atoms in total. The molecule has 27 heavy (non-hydrogen) atoms. The van der Waals surface area contributed by atoms with Crippen LogP contribution in [0, 0.1) is 0 Å². The first-order valence-electron chi connectivity index (χ1n) is 8.32. The van der Waals surface area contributed by atoms with Crippen LogP contribution in [0.4, 0.5) is 13.2 Å². The molecule has 0 bridgehead atoms. The normalized spacial score (nSPS) is 11.4. The Labute approximate surface area is 153 Å². The van der Waals surface area contributed by atoms with Crippen LogP contribution in [-0.4, -0.2) is 23.4 Å². The minimum atomic E-state index is -4.37. The van der Waals surface area contributed by atoms with Gasteiger partial charge in [0.05, 0.1) is 18.8 Å². The first-order chi connectivity index (χ1) is 13.0. The Morgan fingerprint density at radius 1 is 0.889 bits per heavy atom. The molecule has 0 radical (unpaired) electrons. The average Bonchev–Trinajstić information content (AvgIpc) is 3.19. The molecule has 0 saturated heterocycles. The topological polar surface area (TPSA) is 57.4 Å². The van der Waals surface area contributed by atoms with Gasteiger partial charge in [0.15, 0.2) is 0 Å². The molecule has 0 fully saturated rings. The maximum atomic E-state index is 12.6. The van der Waals surface area contributed by atoms with Crippen LogP contribution >= 0.6 is 0 Å².